The van der Waals surface area contributed by atoms with E-state index in [1.165, 1.54) is 0 Å². The number of nitrogens with zero attached hydrogens (tertiary/aromatic N) is 1. The number of esters is 1. The summed E-state index contributed by atoms with van der Waals surface area (Å²) in [5.41, 5.74) is 1.81. The number of ether oxygens (including phenoxy) is 1. The Morgan fingerprint density at radius 1 is 1.53 bits per heavy atom. The smallest absolute Gasteiger partial charge is 0.343 e. The van der Waals surface area contributed by atoms with Crippen LogP contribution in [0.5, 0.6) is 0 Å². The van der Waals surface area contributed by atoms with Gasteiger partial charge in [-0.25, -0.2) is 4.79 Å². The van der Waals surface area contributed by atoms with Gasteiger partial charge in [0.1, 0.15) is 5.56 Å². The van der Waals surface area contributed by atoms with Gasteiger partial charge in [0.2, 0.25) is 0 Å². The first kappa shape index (κ1) is 13.4. The van der Waals surface area contributed by atoms with Crippen molar-refractivity contribution in [1.82, 2.24) is 10.2 Å². The summed E-state index contributed by atoms with van der Waals surface area (Å²) < 4.78 is 5.00. The largest absolute Gasteiger partial charge is 0.462 e. The molecule has 0 aliphatic heterocycles. The van der Waals surface area contributed by atoms with Crippen molar-refractivity contribution < 1.29 is 9.53 Å². The van der Waals surface area contributed by atoms with Crippen LogP contribution in [0.4, 0.5) is 11.5 Å². The lowest BCUT2D eigenvalue weighted by molar-refractivity contribution is 0.0527. The first-order chi connectivity index (χ1) is 9.11. The van der Waals surface area contributed by atoms with Gasteiger partial charge in [-0.2, -0.15) is 5.10 Å². The highest BCUT2D eigenvalue weighted by atomic mass is 35.5. The van der Waals surface area contributed by atoms with Crippen LogP contribution in [0, 0.1) is 6.92 Å². The molecule has 0 fully saturated rings. The number of benzene rings is 1. The molecule has 0 saturated carbocycles. The zero-order valence-electron chi connectivity index (χ0n) is 10.7. The first-order valence-electron chi connectivity index (χ1n) is 5.86. The molecule has 0 saturated heterocycles. The van der Waals surface area contributed by atoms with Crippen LogP contribution in [0.25, 0.3) is 0 Å². The molecule has 0 unspecified atom stereocenters. The van der Waals surface area contributed by atoms with Crippen molar-refractivity contribution in [2.24, 2.45) is 0 Å². The van der Waals surface area contributed by atoms with Gasteiger partial charge in [-0.1, -0.05) is 17.7 Å². The van der Waals surface area contributed by atoms with E-state index in [1.807, 2.05) is 12.1 Å². The normalized spacial score (nSPS) is 10.3. The van der Waals surface area contributed by atoms with Gasteiger partial charge in [0.25, 0.3) is 0 Å². The molecular formula is C13H14ClN3O2. The highest BCUT2D eigenvalue weighted by Gasteiger charge is 2.19. The minimum Gasteiger partial charge on any atom is -0.462 e. The van der Waals surface area contributed by atoms with Crippen molar-refractivity contribution in [3.8, 4) is 0 Å². The maximum atomic E-state index is 11.9. The third-order valence-electron chi connectivity index (χ3n) is 2.51. The summed E-state index contributed by atoms with van der Waals surface area (Å²) in [5, 5.41) is 10.5. The van der Waals surface area contributed by atoms with Crippen LogP contribution in [0.15, 0.2) is 24.3 Å². The van der Waals surface area contributed by atoms with Gasteiger partial charge in [-0.05, 0) is 32.0 Å². The predicted octanol–water partition coefficient (Wildman–Crippen LogP) is 3.29. The topological polar surface area (TPSA) is 67.0 Å². The molecule has 1 heterocycles. The van der Waals surface area contributed by atoms with Gasteiger partial charge in [-0.3, -0.25) is 5.10 Å². The zero-order valence-corrected chi connectivity index (χ0v) is 11.4. The van der Waals surface area contributed by atoms with E-state index in [9.17, 15) is 4.79 Å². The SMILES string of the molecule is CCOC(=O)c1c(Nc2cccc(Cl)c2)n[nH]c1C. The Morgan fingerprint density at radius 3 is 3.00 bits per heavy atom. The second-order valence-corrected chi connectivity index (χ2v) is 4.36. The van der Waals surface area contributed by atoms with Crippen molar-refractivity contribution in [3.63, 3.8) is 0 Å². The number of rotatable bonds is 4. The van der Waals surface area contributed by atoms with E-state index >= 15 is 0 Å². The lowest BCUT2D eigenvalue weighted by Crippen LogP contribution is -2.08. The summed E-state index contributed by atoms with van der Waals surface area (Å²) >= 11 is 5.91. The predicted molar refractivity (Wildman–Crippen MR) is 74.0 cm³/mol. The monoisotopic (exact) mass is 279 g/mol. The van der Waals surface area contributed by atoms with Crippen molar-refractivity contribution >= 4 is 29.1 Å². The van der Waals surface area contributed by atoms with Crippen LogP contribution < -0.4 is 5.32 Å². The zero-order chi connectivity index (χ0) is 13.8. The molecule has 2 aromatic rings. The molecule has 0 bridgehead atoms. The number of hydrogen-bond acceptors (Lipinski definition) is 4. The lowest BCUT2D eigenvalue weighted by atomic mass is 10.2. The van der Waals surface area contributed by atoms with Gasteiger partial charge in [-0.15, -0.1) is 0 Å². The fourth-order valence-electron chi connectivity index (χ4n) is 1.68. The van der Waals surface area contributed by atoms with Gasteiger partial charge >= 0.3 is 5.97 Å². The van der Waals surface area contributed by atoms with E-state index in [-0.39, 0.29) is 0 Å². The second kappa shape index (κ2) is 5.75. The average Bonchev–Trinajstić information content (AvgIpc) is 2.71. The van der Waals surface area contributed by atoms with Crippen LogP contribution in [0.3, 0.4) is 0 Å². The van der Waals surface area contributed by atoms with Crippen LogP contribution in [0.1, 0.15) is 23.0 Å². The molecular weight excluding hydrogens is 266 g/mol. The molecule has 0 aliphatic carbocycles. The molecule has 0 spiro atoms. The Morgan fingerprint density at radius 2 is 2.32 bits per heavy atom. The number of carbonyl (C=O) groups excluding carboxylic acids is 1. The lowest BCUT2D eigenvalue weighted by Gasteiger charge is -2.06. The van der Waals surface area contributed by atoms with Crippen LogP contribution in [-0.4, -0.2) is 22.8 Å². The molecule has 0 aliphatic rings. The van der Waals surface area contributed by atoms with Gasteiger partial charge in [0, 0.05) is 16.4 Å². The maximum Gasteiger partial charge on any atom is 0.343 e. The number of carbonyl (C=O) groups is 1. The highest BCUT2D eigenvalue weighted by Crippen LogP contribution is 2.23. The molecule has 0 atom stereocenters. The fourth-order valence-corrected chi connectivity index (χ4v) is 1.87. The van der Waals surface area contributed by atoms with Gasteiger partial charge < -0.3 is 10.1 Å². The van der Waals surface area contributed by atoms with Crippen LogP contribution >= 0.6 is 11.6 Å². The van der Waals surface area contributed by atoms with Crippen molar-refractivity contribution in [2.75, 3.05) is 11.9 Å². The standard InChI is InChI=1S/C13H14ClN3O2/c1-3-19-13(18)11-8(2)16-17-12(11)15-10-6-4-5-9(14)7-10/h4-7H,3H2,1-2H3,(H2,15,16,17). The number of nitrogens with one attached hydrogen (secondary N) is 2. The molecule has 6 heteroatoms. The maximum absolute atomic E-state index is 11.9. The van der Waals surface area contributed by atoms with E-state index in [1.54, 1.807) is 26.0 Å². The molecule has 5 nitrogen and oxygen atoms in total. The third kappa shape index (κ3) is 3.06. The summed E-state index contributed by atoms with van der Waals surface area (Å²) in [4.78, 5) is 11.9. The molecule has 2 rings (SSSR count). The van der Waals surface area contributed by atoms with Crippen LogP contribution in [-0.2, 0) is 4.74 Å². The summed E-state index contributed by atoms with van der Waals surface area (Å²) in [7, 11) is 0. The summed E-state index contributed by atoms with van der Waals surface area (Å²) in [6.45, 7) is 3.85. The Hall–Kier alpha value is -2.01. The highest BCUT2D eigenvalue weighted by molar-refractivity contribution is 6.30. The van der Waals surface area contributed by atoms with Crippen molar-refractivity contribution in [2.45, 2.75) is 13.8 Å². The van der Waals surface area contributed by atoms with E-state index in [0.717, 1.165) is 5.69 Å². The van der Waals surface area contributed by atoms with Gasteiger partial charge in [0.05, 0.1) is 6.61 Å². The summed E-state index contributed by atoms with van der Waals surface area (Å²) in [5.74, 6) is 0.0245. The number of aromatic nitrogens is 2. The number of hydrogen-bond donors (Lipinski definition) is 2. The Kier molecular flexibility index (Phi) is 4.06. The quantitative estimate of drug-likeness (QED) is 0.843. The summed E-state index contributed by atoms with van der Waals surface area (Å²) in [6, 6.07) is 7.17. The Bertz CT molecular complexity index is 595. The minimum absolute atomic E-state index is 0.320. The van der Waals surface area contributed by atoms with Crippen LogP contribution in [0.2, 0.25) is 5.02 Å². The minimum atomic E-state index is -0.404. The molecule has 1 aromatic carbocycles. The fraction of sp³-hybridized carbons (Fsp3) is 0.231. The Balaban J connectivity index is 2.28. The van der Waals surface area contributed by atoms with E-state index < -0.39 is 5.97 Å². The number of anilines is 2. The molecule has 100 valence electrons. The first-order valence-corrected chi connectivity index (χ1v) is 6.24. The molecule has 0 amide bonds. The van der Waals surface area contributed by atoms with E-state index in [2.05, 4.69) is 15.5 Å². The third-order valence-corrected chi connectivity index (χ3v) is 2.75. The molecule has 1 aromatic heterocycles. The average molecular weight is 280 g/mol. The van der Waals surface area contributed by atoms with Crippen molar-refractivity contribution in [1.29, 1.82) is 0 Å². The van der Waals surface area contributed by atoms with E-state index in [4.69, 9.17) is 16.3 Å². The number of aromatic amines is 1. The second-order valence-electron chi connectivity index (χ2n) is 3.93. The summed E-state index contributed by atoms with van der Waals surface area (Å²) in [6.07, 6.45) is 0. The van der Waals surface area contributed by atoms with Gasteiger partial charge in [0.15, 0.2) is 5.82 Å². The van der Waals surface area contributed by atoms with E-state index in [0.29, 0.717) is 28.7 Å². The molecule has 2 N–H and O–H groups in total. The Labute approximate surface area is 115 Å². The van der Waals surface area contributed by atoms with Crippen molar-refractivity contribution in [3.05, 3.63) is 40.5 Å². The number of aryl methyl sites for hydroxylation is 1. The number of H-pyrrole nitrogens is 1. The molecule has 0 radical (unpaired) electrons. The number of halogens is 1. The molecule has 19 heavy (non-hydrogen) atoms.